The van der Waals surface area contributed by atoms with Crippen LogP contribution in [0.15, 0.2) is 42.7 Å². The van der Waals surface area contributed by atoms with Crippen LogP contribution >= 0.6 is 11.6 Å². The summed E-state index contributed by atoms with van der Waals surface area (Å²) in [4.78, 5) is 4.02. The van der Waals surface area contributed by atoms with Gasteiger partial charge in [0, 0.05) is 29.4 Å². The van der Waals surface area contributed by atoms with E-state index in [0.29, 0.717) is 17.2 Å². The Morgan fingerprint density at radius 2 is 2.22 bits per heavy atom. The number of pyridine rings is 1. The third-order valence-electron chi connectivity index (χ3n) is 2.71. The number of methoxy groups -OCH3 is 1. The predicted molar refractivity (Wildman–Crippen MR) is 70.9 cm³/mol. The third-order valence-corrected chi connectivity index (χ3v) is 2.94. The number of aliphatic hydroxyl groups is 1. The van der Waals surface area contributed by atoms with Crippen LogP contribution in [-0.2, 0) is 6.42 Å². The Labute approximate surface area is 111 Å². The van der Waals surface area contributed by atoms with Crippen LogP contribution in [0.2, 0.25) is 5.02 Å². The molecule has 0 aliphatic heterocycles. The van der Waals surface area contributed by atoms with Crippen molar-refractivity contribution in [2.75, 3.05) is 7.11 Å². The topological polar surface area (TPSA) is 42.4 Å². The van der Waals surface area contributed by atoms with Gasteiger partial charge in [-0.1, -0.05) is 23.7 Å². The second-order valence-corrected chi connectivity index (χ2v) is 4.40. The number of hydrogen-bond acceptors (Lipinski definition) is 3. The molecule has 1 atom stereocenters. The zero-order valence-electron chi connectivity index (χ0n) is 10.0. The molecule has 0 fully saturated rings. The number of benzene rings is 1. The average molecular weight is 264 g/mol. The maximum absolute atomic E-state index is 10.2. The highest BCUT2D eigenvalue weighted by Crippen LogP contribution is 2.30. The molecule has 94 valence electrons. The van der Waals surface area contributed by atoms with Crippen molar-refractivity contribution in [3.63, 3.8) is 0 Å². The van der Waals surface area contributed by atoms with E-state index in [1.807, 2.05) is 12.1 Å². The van der Waals surface area contributed by atoms with E-state index in [0.717, 1.165) is 11.1 Å². The first kappa shape index (κ1) is 12.9. The summed E-state index contributed by atoms with van der Waals surface area (Å²) in [7, 11) is 1.56. The summed E-state index contributed by atoms with van der Waals surface area (Å²) >= 11 is 5.89. The number of halogens is 1. The number of rotatable bonds is 4. The van der Waals surface area contributed by atoms with Crippen molar-refractivity contribution in [3.05, 3.63) is 58.9 Å². The summed E-state index contributed by atoms with van der Waals surface area (Å²) in [6.07, 6.45) is 3.30. The summed E-state index contributed by atoms with van der Waals surface area (Å²) in [5.41, 5.74) is 1.70. The lowest BCUT2D eigenvalue weighted by Gasteiger charge is -2.15. The summed E-state index contributed by atoms with van der Waals surface area (Å²) in [6.45, 7) is 0. The smallest absolute Gasteiger partial charge is 0.126 e. The number of ether oxygens (including phenoxy) is 1. The predicted octanol–water partition coefficient (Wildman–Crippen LogP) is 3.02. The molecule has 0 spiro atoms. The van der Waals surface area contributed by atoms with Crippen LogP contribution < -0.4 is 4.74 Å². The fraction of sp³-hybridized carbons (Fsp3) is 0.214. The molecule has 1 aromatic heterocycles. The van der Waals surface area contributed by atoms with Crippen LogP contribution in [0, 0.1) is 0 Å². The fourth-order valence-corrected chi connectivity index (χ4v) is 1.97. The molecule has 1 N–H and O–H groups in total. The van der Waals surface area contributed by atoms with Crippen LogP contribution in [0.3, 0.4) is 0 Å². The van der Waals surface area contributed by atoms with Crippen molar-refractivity contribution in [1.29, 1.82) is 0 Å². The summed E-state index contributed by atoms with van der Waals surface area (Å²) < 4.78 is 5.22. The molecule has 1 heterocycles. The van der Waals surface area contributed by atoms with Crippen molar-refractivity contribution in [2.45, 2.75) is 12.5 Å². The molecule has 0 aliphatic carbocycles. The van der Waals surface area contributed by atoms with Crippen molar-refractivity contribution >= 4 is 11.6 Å². The highest BCUT2D eigenvalue weighted by Gasteiger charge is 2.14. The molecule has 0 aliphatic rings. The molecular formula is C14H14ClNO2. The fourth-order valence-electron chi connectivity index (χ4n) is 1.81. The average Bonchev–Trinajstić information content (AvgIpc) is 2.39. The lowest BCUT2D eigenvalue weighted by atomic mass is 10.0. The van der Waals surface area contributed by atoms with Crippen LogP contribution in [-0.4, -0.2) is 17.2 Å². The lowest BCUT2D eigenvalue weighted by Crippen LogP contribution is -2.04. The summed E-state index contributed by atoms with van der Waals surface area (Å²) in [6, 6.07) is 9.00. The van der Waals surface area contributed by atoms with Crippen molar-refractivity contribution in [1.82, 2.24) is 4.98 Å². The molecule has 0 radical (unpaired) electrons. The van der Waals surface area contributed by atoms with Crippen molar-refractivity contribution < 1.29 is 9.84 Å². The van der Waals surface area contributed by atoms with E-state index in [2.05, 4.69) is 4.98 Å². The number of nitrogens with zero attached hydrogens (tertiary/aromatic N) is 1. The van der Waals surface area contributed by atoms with E-state index >= 15 is 0 Å². The van der Waals surface area contributed by atoms with E-state index in [9.17, 15) is 5.11 Å². The van der Waals surface area contributed by atoms with E-state index in [4.69, 9.17) is 16.3 Å². The molecule has 1 aromatic carbocycles. The van der Waals surface area contributed by atoms with E-state index in [-0.39, 0.29) is 0 Å². The molecule has 0 amide bonds. The Morgan fingerprint density at radius 1 is 1.39 bits per heavy atom. The second kappa shape index (κ2) is 5.85. The molecule has 4 heteroatoms. The standard InChI is InChI=1S/C14H14ClNO2/c1-18-14-8-11(15)4-5-12(14)13(17)7-10-3-2-6-16-9-10/h2-6,8-9,13,17H,7H2,1H3. The number of aliphatic hydroxyl groups excluding tert-OH is 1. The molecule has 18 heavy (non-hydrogen) atoms. The monoisotopic (exact) mass is 263 g/mol. The number of aromatic nitrogens is 1. The minimum absolute atomic E-state index is 0.492. The molecule has 0 bridgehead atoms. The van der Waals surface area contributed by atoms with Crippen LogP contribution in [0.4, 0.5) is 0 Å². The Kier molecular flexibility index (Phi) is 4.18. The van der Waals surface area contributed by atoms with Gasteiger partial charge in [0.15, 0.2) is 0 Å². The largest absolute Gasteiger partial charge is 0.496 e. The van der Waals surface area contributed by atoms with Crippen molar-refractivity contribution in [3.8, 4) is 5.75 Å². The van der Waals surface area contributed by atoms with Crippen molar-refractivity contribution in [2.24, 2.45) is 0 Å². The molecule has 0 saturated heterocycles. The molecule has 0 saturated carbocycles. The second-order valence-electron chi connectivity index (χ2n) is 3.97. The van der Waals surface area contributed by atoms with Gasteiger partial charge < -0.3 is 9.84 Å². The van der Waals surface area contributed by atoms with Gasteiger partial charge in [0.2, 0.25) is 0 Å². The van der Waals surface area contributed by atoms with Crippen LogP contribution in [0.25, 0.3) is 0 Å². The SMILES string of the molecule is COc1cc(Cl)ccc1C(O)Cc1cccnc1. The Balaban J connectivity index is 2.21. The highest BCUT2D eigenvalue weighted by atomic mass is 35.5. The maximum Gasteiger partial charge on any atom is 0.126 e. The first-order chi connectivity index (χ1) is 8.70. The van der Waals surface area contributed by atoms with Gasteiger partial charge in [0.25, 0.3) is 0 Å². The van der Waals surface area contributed by atoms with E-state index < -0.39 is 6.10 Å². The van der Waals surface area contributed by atoms with Gasteiger partial charge in [-0.15, -0.1) is 0 Å². The number of hydrogen-bond donors (Lipinski definition) is 1. The first-order valence-electron chi connectivity index (χ1n) is 5.61. The molecule has 2 aromatic rings. The van der Waals surface area contributed by atoms with Gasteiger partial charge in [-0.3, -0.25) is 4.98 Å². The van der Waals surface area contributed by atoms with Gasteiger partial charge in [-0.2, -0.15) is 0 Å². The summed E-state index contributed by atoms with van der Waals surface area (Å²) in [5, 5.41) is 10.8. The van der Waals surface area contributed by atoms with Gasteiger partial charge >= 0.3 is 0 Å². The first-order valence-corrected chi connectivity index (χ1v) is 5.99. The zero-order chi connectivity index (χ0) is 13.0. The Bertz CT molecular complexity index is 516. The summed E-state index contributed by atoms with van der Waals surface area (Å²) in [5.74, 6) is 0.596. The van der Waals surface area contributed by atoms with Gasteiger partial charge in [0.1, 0.15) is 5.75 Å². The molecular weight excluding hydrogens is 250 g/mol. The van der Waals surface area contributed by atoms with Crippen LogP contribution in [0.1, 0.15) is 17.2 Å². The van der Waals surface area contributed by atoms with Gasteiger partial charge in [-0.05, 0) is 23.8 Å². The molecule has 2 rings (SSSR count). The quantitative estimate of drug-likeness (QED) is 0.922. The lowest BCUT2D eigenvalue weighted by molar-refractivity contribution is 0.174. The van der Waals surface area contributed by atoms with Crippen LogP contribution in [0.5, 0.6) is 5.75 Å². The molecule has 1 unspecified atom stereocenters. The Morgan fingerprint density at radius 3 is 2.89 bits per heavy atom. The minimum atomic E-state index is -0.638. The zero-order valence-corrected chi connectivity index (χ0v) is 10.8. The molecule has 3 nitrogen and oxygen atoms in total. The van der Waals surface area contributed by atoms with E-state index in [1.54, 1.807) is 37.7 Å². The minimum Gasteiger partial charge on any atom is -0.496 e. The normalized spacial score (nSPS) is 12.2. The maximum atomic E-state index is 10.2. The Hall–Kier alpha value is -1.58. The third kappa shape index (κ3) is 3.00. The van der Waals surface area contributed by atoms with Gasteiger partial charge in [-0.25, -0.2) is 0 Å². The van der Waals surface area contributed by atoms with Gasteiger partial charge in [0.05, 0.1) is 13.2 Å². The highest BCUT2D eigenvalue weighted by molar-refractivity contribution is 6.30. The van der Waals surface area contributed by atoms with E-state index in [1.165, 1.54) is 0 Å².